The summed E-state index contributed by atoms with van der Waals surface area (Å²) in [5.41, 5.74) is 3.57. The molecule has 1 aromatic rings. The van der Waals surface area contributed by atoms with Crippen LogP contribution in [0.3, 0.4) is 0 Å². The third-order valence-corrected chi connectivity index (χ3v) is 2.17. The molecular formula is C12H19N3. The Morgan fingerprint density at radius 1 is 1.60 bits per heavy atom. The van der Waals surface area contributed by atoms with Crippen LogP contribution in [0.25, 0.3) is 0 Å². The quantitative estimate of drug-likeness (QED) is 0.743. The first kappa shape index (κ1) is 11.7. The molecule has 0 aliphatic carbocycles. The molecule has 1 aromatic heterocycles. The van der Waals surface area contributed by atoms with Gasteiger partial charge in [0, 0.05) is 26.3 Å². The highest BCUT2D eigenvalue weighted by Gasteiger charge is 2.06. The number of likely N-dealkylation sites (N-methyl/N-ethyl adjacent to an activating group) is 1. The molecule has 0 aliphatic rings. The number of hydrogen-bond donors (Lipinski definition) is 1. The summed E-state index contributed by atoms with van der Waals surface area (Å²) in [5, 5.41) is 3.16. The van der Waals surface area contributed by atoms with Crippen molar-refractivity contribution in [3.05, 3.63) is 36.2 Å². The largest absolute Gasteiger partial charge is 0.369 e. The molecule has 0 bridgehead atoms. The summed E-state index contributed by atoms with van der Waals surface area (Å²) in [4.78, 5) is 6.33. The maximum absolute atomic E-state index is 4.16. The monoisotopic (exact) mass is 205 g/mol. The van der Waals surface area contributed by atoms with Crippen molar-refractivity contribution >= 4 is 5.69 Å². The Balaban J connectivity index is 2.86. The van der Waals surface area contributed by atoms with Crippen LogP contribution in [0.1, 0.15) is 12.5 Å². The van der Waals surface area contributed by atoms with Crippen LogP contribution in [0.2, 0.25) is 0 Å². The molecule has 0 fully saturated rings. The lowest BCUT2D eigenvalue weighted by molar-refractivity contribution is 0.808. The van der Waals surface area contributed by atoms with Gasteiger partial charge in [-0.25, -0.2) is 0 Å². The number of rotatable bonds is 5. The van der Waals surface area contributed by atoms with E-state index in [1.54, 1.807) is 0 Å². The van der Waals surface area contributed by atoms with Gasteiger partial charge < -0.3 is 10.2 Å². The molecule has 1 rings (SSSR count). The summed E-state index contributed by atoms with van der Waals surface area (Å²) in [6.07, 6.45) is 3.72. The van der Waals surface area contributed by atoms with E-state index < -0.39 is 0 Å². The Hall–Kier alpha value is -1.35. The number of hydrogen-bond acceptors (Lipinski definition) is 3. The minimum Gasteiger partial charge on any atom is -0.369 e. The van der Waals surface area contributed by atoms with Gasteiger partial charge in [-0.1, -0.05) is 12.2 Å². The molecule has 3 nitrogen and oxygen atoms in total. The Kier molecular flexibility index (Phi) is 4.31. The van der Waals surface area contributed by atoms with Gasteiger partial charge >= 0.3 is 0 Å². The van der Waals surface area contributed by atoms with Crippen molar-refractivity contribution in [1.29, 1.82) is 0 Å². The van der Waals surface area contributed by atoms with Gasteiger partial charge in [-0.15, -0.1) is 0 Å². The van der Waals surface area contributed by atoms with E-state index in [-0.39, 0.29) is 0 Å². The van der Waals surface area contributed by atoms with Crippen molar-refractivity contribution in [3.63, 3.8) is 0 Å². The summed E-state index contributed by atoms with van der Waals surface area (Å²) >= 11 is 0. The zero-order chi connectivity index (χ0) is 11.3. The van der Waals surface area contributed by atoms with Crippen LogP contribution in [0, 0.1) is 0 Å². The molecule has 1 N–H and O–H groups in total. The van der Waals surface area contributed by atoms with Gasteiger partial charge in [0.25, 0.3) is 0 Å². The second-order valence-corrected chi connectivity index (χ2v) is 3.85. The van der Waals surface area contributed by atoms with E-state index in [9.17, 15) is 0 Å². The maximum atomic E-state index is 4.16. The van der Waals surface area contributed by atoms with E-state index >= 15 is 0 Å². The normalized spacial score (nSPS) is 10.1. The fourth-order valence-corrected chi connectivity index (χ4v) is 1.59. The van der Waals surface area contributed by atoms with Crippen LogP contribution in [-0.2, 0) is 6.54 Å². The smallest absolute Gasteiger partial charge is 0.0598 e. The van der Waals surface area contributed by atoms with Crippen molar-refractivity contribution in [3.8, 4) is 0 Å². The first-order valence-corrected chi connectivity index (χ1v) is 5.08. The van der Waals surface area contributed by atoms with Crippen LogP contribution < -0.4 is 10.2 Å². The number of nitrogens with one attached hydrogen (secondary N) is 1. The second kappa shape index (κ2) is 5.51. The van der Waals surface area contributed by atoms with Gasteiger partial charge in [-0.2, -0.15) is 0 Å². The highest BCUT2D eigenvalue weighted by Crippen LogP contribution is 2.18. The second-order valence-electron chi connectivity index (χ2n) is 3.85. The van der Waals surface area contributed by atoms with Crippen molar-refractivity contribution in [2.24, 2.45) is 0 Å². The van der Waals surface area contributed by atoms with Crippen LogP contribution in [0.15, 0.2) is 30.6 Å². The predicted molar refractivity (Wildman–Crippen MR) is 65.1 cm³/mol. The van der Waals surface area contributed by atoms with Crippen LogP contribution in [-0.4, -0.2) is 25.6 Å². The molecule has 0 aromatic carbocycles. The summed E-state index contributed by atoms with van der Waals surface area (Å²) in [6, 6.07) is 2.04. The fraction of sp³-hybridized carbons (Fsp3) is 0.417. The van der Waals surface area contributed by atoms with Gasteiger partial charge in [0.1, 0.15) is 0 Å². The third-order valence-electron chi connectivity index (χ3n) is 2.17. The van der Waals surface area contributed by atoms with Crippen molar-refractivity contribution in [2.75, 3.05) is 25.5 Å². The molecule has 15 heavy (non-hydrogen) atoms. The van der Waals surface area contributed by atoms with Gasteiger partial charge in [0.2, 0.25) is 0 Å². The van der Waals surface area contributed by atoms with Crippen molar-refractivity contribution in [1.82, 2.24) is 10.3 Å². The Bertz CT molecular complexity index is 333. The lowest BCUT2D eigenvalue weighted by Crippen LogP contribution is -2.21. The molecule has 0 radical (unpaired) electrons. The number of anilines is 1. The average Bonchev–Trinajstić information content (AvgIpc) is 2.18. The summed E-state index contributed by atoms with van der Waals surface area (Å²) in [7, 11) is 4.01. The highest BCUT2D eigenvalue weighted by atomic mass is 15.1. The molecule has 3 heteroatoms. The molecule has 0 spiro atoms. The molecule has 82 valence electrons. The minimum absolute atomic E-state index is 0.860. The Morgan fingerprint density at radius 2 is 2.33 bits per heavy atom. The molecule has 0 unspecified atom stereocenters. The van der Waals surface area contributed by atoms with Gasteiger partial charge in [-0.05, 0) is 25.6 Å². The van der Waals surface area contributed by atoms with Gasteiger partial charge in [-0.3, -0.25) is 4.98 Å². The average molecular weight is 205 g/mol. The first-order chi connectivity index (χ1) is 7.15. The van der Waals surface area contributed by atoms with E-state index in [0.717, 1.165) is 24.4 Å². The number of pyridine rings is 1. The zero-order valence-corrected chi connectivity index (χ0v) is 9.75. The highest BCUT2D eigenvalue weighted by molar-refractivity contribution is 5.51. The van der Waals surface area contributed by atoms with E-state index in [4.69, 9.17) is 0 Å². The van der Waals surface area contributed by atoms with Crippen molar-refractivity contribution in [2.45, 2.75) is 13.5 Å². The molecule has 0 saturated heterocycles. The number of nitrogens with zero attached hydrogens (tertiary/aromatic N) is 2. The van der Waals surface area contributed by atoms with Crippen LogP contribution in [0.4, 0.5) is 5.69 Å². The number of aromatic nitrogens is 1. The van der Waals surface area contributed by atoms with E-state index in [0.29, 0.717) is 0 Å². The van der Waals surface area contributed by atoms with E-state index in [2.05, 4.69) is 28.8 Å². The zero-order valence-electron chi connectivity index (χ0n) is 9.75. The summed E-state index contributed by atoms with van der Waals surface area (Å²) in [6.45, 7) is 7.67. The third kappa shape index (κ3) is 3.36. The summed E-state index contributed by atoms with van der Waals surface area (Å²) < 4.78 is 0. The van der Waals surface area contributed by atoms with Crippen LogP contribution >= 0.6 is 0 Å². The molecule has 1 heterocycles. The molecule has 0 aliphatic heterocycles. The maximum Gasteiger partial charge on any atom is 0.0598 e. The molecule has 0 saturated carbocycles. The van der Waals surface area contributed by atoms with E-state index in [1.807, 2.05) is 32.4 Å². The Morgan fingerprint density at radius 3 is 2.93 bits per heavy atom. The van der Waals surface area contributed by atoms with Crippen LogP contribution in [0.5, 0.6) is 0 Å². The SMILES string of the molecule is C=C(C)CN(C)c1cnccc1CNC. The van der Waals surface area contributed by atoms with E-state index in [1.165, 1.54) is 5.56 Å². The molecular weight excluding hydrogens is 186 g/mol. The van der Waals surface area contributed by atoms with Gasteiger partial charge in [0.15, 0.2) is 0 Å². The minimum atomic E-state index is 0.860. The lowest BCUT2D eigenvalue weighted by Gasteiger charge is -2.21. The predicted octanol–water partition coefficient (Wildman–Crippen LogP) is 1.81. The first-order valence-electron chi connectivity index (χ1n) is 5.08. The molecule has 0 atom stereocenters. The lowest BCUT2D eigenvalue weighted by atomic mass is 10.2. The molecule has 0 amide bonds. The fourth-order valence-electron chi connectivity index (χ4n) is 1.59. The Labute approximate surface area is 91.8 Å². The topological polar surface area (TPSA) is 28.2 Å². The summed E-state index contributed by atoms with van der Waals surface area (Å²) in [5.74, 6) is 0. The van der Waals surface area contributed by atoms with Crippen molar-refractivity contribution < 1.29 is 0 Å². The van der Waals surface area contributed by atoms with Gasteiger partial charge in [0.05, 0.1) is 11.9 Å². The standard InChI is InChI=1S/C12H19N3/c1-10(2)9-15(4)12-8-14-6-5-11(12)7-13-3/h5-6,8,13H,1,7,9H2,2-4H3.